The van der Waals surface area contributed by atoms with Crippen molar-refractivity contribution in [3.63, 3.8) is 0 Å². The van der Waals surface area contributed by atoms with Crippen molar-refractivity contribution in [1.29, 1.82) is 0 Å². The van der Waals surface area contributed by atoms with E-state index < -0.39 is 0 Å². The lowest BCUT2D eigenvalue weighted by Gasteiger charge is -2.34. The third kappa shape index (κ3) is 1.15. The second-order valence-electron chi connectivity index (χ2n) is 5.19. The number of thioether (sulfide) groups is 1. The molecule has 0 saturated heterocycles. The van der Waals surface area contributed by atoms with Crippen LogP contribution in [0.3, 0.4) is 0 Å². The largest absolute Gasteiger partial charge is 0.118 e. The molecule has 76 valence electrons. The fraction of sp³-hybridized carbons (Fsp3) is 0.538. The van der Waals surface area contributed by atoms with Crippen LogP contribution in [0.5, 0.6) is 0 Å². The van der Waals surface area contributed by atoms with Gasteiger partial charge in [-0.25, -0.2) is 0 Å². The van der Waals surface area contributed by atoms with Crippen LogP contribution >= 0.6 is 11.8 Å². The highest BCUT2D eigenvalue weighted by atomic mass is 32.2. The normalized spacial score (nSPS) is 22.1. The molecule has 0 aliphatic carbocycles. The van der Waals surface area contributed by atoms with Crippen LogP contribution in [0, 0.1) is 6.92 Å². The molecule has 0 N–H and O–H groups in total. The number of aryl methyl sites for hydroxylation is 1. The van der Waals surface area contributed by atoms with Crippen LogP contribution in [0.2, 0.25) is 0 Å². The Labute approximate surface area is 91.1 Å². The van der Waals surface area contributed by atoms with Crippen molar-refractivity contribution in [3.05, 3.63) is 29.3 Å². The molecule has 0 radical (unpaired) electrons. The van der Waals surface area contributed by atoms with E-state index >= 15 is 0 Å². The van der Waals surface area contributed by atoms with Gasteiger partial charge < -0.3 is 0 Å². The minimum atomic E-state index is 0.277. The molecule has 1 aromatic rings. The van der Waals surface area contributed by atoms with E-state index in [1.54, 1.807) is 0 Å². The van der Waals surface area contributed by atoms with Crippen LogP contribution in [-0.2, 0) is 5.41 Å². The molecule has 0 amide bonds. The molecular formula is C13H18S. The number of benzene rings is 1. The molecule has 2 rings (SSSR count). The minimum absolute atomic E-state index is 0.277. The minimum Gasteiger partial charge on any atom is -0.118 e. The fourth-order valence-corrected chi connectivity index (χ4v) is 3.52. The summed E-state index contributed by atoms with van der Waals surface area (Å²) < 4.78 is 0.307. The van der Waals surface area contributed by atoms with E-state index in [1.807, 2.05) is 11.8 Å². The van der Waals surface area contributed by atoms with Crippen LogP contribution in [-0.4, -0.2) is 4.75 Å². The first-order valence-electron chi connectivity index (χ1n) is 5.15. The van der Waals surface area contributed by atoms with Crippen molar-refractivity contribution in [1.82, 2.24) is 0 Å². The zero-order valence-electron chi connectivity index (χ0n) is 9.64. The van der Waals surface area contributed by atoms with E-state index in [9.17, 15) is 0 Å². The monoisotopic (exact) mass is 206 g/mol. The van der Waals surface area contributed by atoms with Crippen LogP contribution in [0.15, 0.2) is 23.1 Å². The van der Waals surface area contributed by atoms with Crippen LogP contribution in [0.1, 0.15) is 38.8 Å². The van der Waals surface area contributed by atoms with Gasteiger partial charge in [0.05, 0.1) is 0 Å². The Hall–Kier alpha value is -0.430. The molecule has 0 saturated carbocycles. The molecule has 1 aliphatic heterocycles. The van der Waals surface area contributed by atoms with Gasteiger partial charge in [-0.05, 0) is 31.9 Å². The number of hydrogen-bond donors (Lipinski definition) is 0. The van der Waals surface area contributed by atoms with Gasteiger partial charge in [0, 0.05) is 15.1 Å². The van der Waals surface area contributed by atoms with E-state index in [-0.39, 0.29) is 5.41 Å². The molecule has 1 heteroatoms. The molecule has 0 bridgehead atoms. The Morgan fingerprint density at radius 3 is 2.29 bits per heavy atom. The van der Waals surface area contributed by atoms with Crippen molar-refractivity contribution in [3.8, 4) is 0 Å². The number of fused-ring (bicyclic) bond motifs is 1. The molecule has 0 aromatic heterocycles. The summed E-state index contributed by atoms with van der Waals surface area (Å²) in [5, 5.41) is 0. The third-order valence-electron chi connectivity index (χ3n) is 3.75. The standard InChI is InChI=1S/C13H18S/c1-9-7-6-8-10-11(9)14-13(4,5)12(10,2)3/h6-8H,1-5H3. The Kier molecular flexibility index (Phi) is 2.01. The summed E-state index contributed by atoms with van der Waals surface area (Å²) in [5.41, 5.74) is 3.22. The topological polar surface area (TPSA) is 0 Å². The Bertz CT molecular complexity index is 375. The fourth-order valence-electron chi connectivity index (χ4n) is 1.99. The van der Waals surface area contributed by atoms with E-state index in [0.717, 1.165) is 0 Å². The van der Waals surface area contributed by atoms with E-state index in [2.05, 4.69) is 52.8 Å². The van der Waals surface area contributed by atoms with E-state index in [1.165, 1.54) is 16.0 Å². The van der Waals surface area contributed by atoms with Crippen molar-refractivity contribution in [2.75, 3.05) is 0 Å². The molecule has 1 aromatic carbocycles. The lowest BCUT2D eigenvalue weighted by molar-refractivity contribution is 0.421. The molecule has 14 heavy (non-hydrogen) atoms. The second kappa shape index (κ2) is 2.79. The Balaban J connectivity index is 2.66. The van der Waals surface area contributed by atoms with Gasteiger partial charge in [0.2, 0.25) is 0 Å². The first kappa shape index (κ1) is 10.1. The average Bonchev–Trinajstić information content (AvgIpc) is 2.24. The van der Waals surface area contributed by atoms with Crippen LogP contribution in [0.25, 0.3) is 0 Å². The molecular weight excluding hydrogens is 188 g/mol. The van der Waals surface area contributed by atoms with Crippen molar-refractivity contribution >= 4 is 11.8 Å². The maximum Gasteiger partial charge on any atom is 0.0242 e. The molecule has 0 unspecified atom stereocenters. The zero-order valence-corrected chi connectivity index (χ0v) is 10.5. The highest BCUT2D eigenvalue weighted by Gasteiger charge is 2.46. The molecule has 0 fully saturated rings. The highest BCUT2D eigenvalue weighted by Crippen LogP contribution is 2.56. The summed E-state index contributed by atoms with van der Waals surface area (Å²) in [4.78, 5) is 1.50. The maximum atomic E-state index is 2.35. The lowest BCUT2D eigenvalue weighted by atomic mass is 9.75. The van der Waals surface area contributed by atoms with Gasteiger partial charge in [-0.1, -0.05) is 32.0 Å². The predicted octanol–water partition coefficient (Wildman–Crippen LogP) is 4.16. The predicted molar refractivity (Wildman–Crippen MR) is 64.1 cm³/mol. The summed E-state index contributed by atoms with van der Waals surface area (Å²) in [6, 6.07) is 6.67. The zero-order chi connectivity index (χ0) is 10.6. The summed E-state index contributed by atoms with van der Waals surface area (Å²) in [5.74, 6) is 0. The quantitative estimate of drug-likeness (QED) is 0.614. The lowest BCUT2D eigenvalue weighted by Crippen LogP contribution is -2.35. The average molecular weight is 206 g/mol. The smallest absolute Gasteiger partial charge is 0.0242 e. The summed E-state index contributed by atoms with van der Waals surface area (Å²) >= 11 is 2.03. The second-order valence-corrected chi connectivity index (χ2v) is 6.82. The Morgan fingerprint density at radius 1 is 1.07 bits per heavy atom. The van der Waals surface area contributed by atoms with Crippen LogP contribution < -0.4 is 0 Å². The maximum absolute atomic E-state index is 2.35. The van der Waals surface area contributed by atoms with Crippen molar-refractivity contribution in [2.24, 2.45) is 0 Å². The summed E-state index contributed by atoms with van der Waals surface area (Å²) in [7, 11) is 0. The van der Waals surface area contributed by atoms with Gasteiger partial charge in [-0.3, -0.25) is 0 Å². The van der Waals surface area contributed by atoms with Crippen LogP contribution in [0.4, 0.5) is 0 Å². The SMILES string of the molecule is Cc1cccc2c1SC(C)(C)C2(C)C. The summed E-state index contributed by atoms with van der Waals surface area (Å²) in [6.45, 7) is 11.6. The van der Waals surface area contributed by atoms with Gasteiger partial charge in [0.15, 0.2) is 0 Å². The molecule has 0 spiro atoms. The molecule has 0 nitrogen and oxygen atoms in total. The molecule has 1 heterocycles. The summed E-state index contributed by atoms with van der Waals surface area (Å²) in [6.07, 6.45) is 0. The van der Waals surface area contributed by atoms with Gasteiger partial charge in [0.25, 0.3) is 0 Å². The van der Waals surface area contributed by atoms with Gasteiger partial charge >= 0.3 is 0 Å². The van der Waals surface area contributed by atoms with Gasteiger partial charge in [0.1, 0.15) is 0 Å². The van der Waals surface area contributed by atoms with Gasteiger partial charge in [-0.15, -0.1) is 11.8 Å². The third-order valence-corrected chi connectivity index (χ3v) is 5.51. The van der Waals surface area contributed by atoms with E-state index in [4.69, 9.17) is 0 Å². The molecule has 1 aliphatic rings. The highest BCUT2D eigenvalue weighted by molar-refractivity contribution is 8.01. The number of rotatable bonds is 0. The van der Waals surface area contributed by atoms with Crippen molar-refractivity contribution in [2.45, 2.75) is 49.7 Å². The Morgan fingerprint density at radius 2 is 1.71 bits per heavy atom. The van der Waals surface area contributed by atoms with E-state index in [0.29, 0.717) is 4.75 Å². The van der Waals surface area contributed by atoms with Gasteiger partial charge in [-0.2, -0.15) is 0 Å². The number of hydrogen-bond acceptors (Lipinski definition) is 1. The first-order valence-corrected chi connectivity index (χ1v) is 5.97. The first-order chi connectivity index (χ1) is 6.36. The molecule has 0 atom stereocenters. The van der Waals surface area contributed by atoms with Crippen molar-refractivity contribution < 1.29 is 0 Å².